The van der Waals surface area contributed by atoms with E-state index in [2.05, 4.69) is 9.97 Å². The minimum Gasteiger partial charge on any atom is -0.383 e. The van der Waals surface area contributed by atoms with Gasteiger partial charge in [-0.3, -0.25) is 19.6 Å². The molecule has 0 saturated carbocycles. The summed E-state index contributed by atoms with van der Waals surface area (Å²) >= 11 is 0. The van der Waals surface area contributed by atoms with E-state index in [1.54, 1.807) is 19.5 Å². The van der Waals surface area contributed by atoms with E-state index in [9.17, 15) is 9.59 Å². The number of benzene rings is 1. The van der Waals surface area contributed by atoms with Crippen LogP contribution in [0, 0.1) is 5.41 Å². The Kier molecular flexibility index (Phi) is 5.26. The van der Waals surface area contributed by atoms with Gasteiger partial charge in [-0.15, -0.1) is 0 Å². The maximum absolute atomic E-state index is 13.2. The Bertz CT molecular complexity index is 887. The Balaban J connectivity index is 1.50. The molecule has 2 aliphatic heterocycles. The van der Waals surface area contributed by atoms with Crippen molar-refractivity contribution >= 4 is 22.8 Å². The standard InChI is InChI=1S/C21H26N4O3/c1-28-12-11-24-14-21(7-5-19(24)26)6-2-10-25(15-21)20(27)16-3-4-17-18(13-16)23-9-8-22-17/h3-4,8-9,13H,2,5-7,10-12,14-15H2,1H3/t21-/m0/s1. The molecule has 2 aromatic rings. The van der Waals surface area contributed by atoms with Gasteiger partial charge in [0.25, 0.3) is 5.91 Å². The van der Waals surface area contributed by atoms with Crippen molar-refractivity contribution in [1.82, 2.24) is 19.8 Å². The minimum absolute atomic E-state index is 0.00772. The summed E-state index contributed by atoms with van der Waals surface area (Å²) in [4.78, 5) is 37.9. The molecule has 2 fully saturated rings. The highest BCUT2D eigenvalue weighted by Gasteiger charge is 2.42. The van der Waals surface area contributed by atoms with Gasteiger partial charge in [0, 0.05) is 63.1 Å². The highest BCUT2D eigenvalue weighted by Crippen LogP contribution is 2.39. The number of methoxy groups -OCH3 is 1. The second-order valence-electron chi connectivity index (χ2n) is 7.90. The maximum atomic E-state index is 13.2. The smallest absolute Gasteiger partial charge is 0.253 e. The zero-order valence-electron chi connectivity index (χ0n) is 16.3. The summed E-state index contributed by atoms with van der Waals surface area (Å²) in [5.41, 5.74) is 2.16. The number of carbonyl (C=O) groups excluding carboxylic acids is 2. The van der Waals surface area contributed by atoms with Crippen molar-refractivity contribution in [1.29, 1.82) is 0 Å². The van der Waals surface area contributed by atoms with Gasteiger partial charge in [0.2, 0.25) is 5.91 Å². The first-order chi connectivity index (χ1) is 13.6. The molecule has 1 aromatic carbocycles. The molecule has 7 heteroatoms. The quantitative estimate of drug-likeness (QED) is 0.810. The predicted octanol–water partition coefficient (Wildman–Crippen LogP) is 2.12. The third-order valence-corrected chi connectivity index (χ3v) is 5.98. The van der Waals surface area contributed by atoms with Crippen molar-refractivity contribution in [2.24, 2.45) is 5.41 Å². The monoisotopic (exact) mass is 382 g/mol. The van der Waals surface area contributed by atoms with E-state index < -0.39 is 0 Å². The zero-order valence-corrected chi connectivity index (χ0v) is 16.3. The first-order valence-electron chi connectivity index (χ1n) is 9.87. The van der Waals surface area contributed by atoms with Crippen LogP contribution >= 0.6 is 0 Å². The normalized spacial score (nSPS) is 22.8. The zero-order chi connectivity index (χ0) is 19.6. The van der Waals surface area contributed by atoms with Crippen LogP contribution in [0.15, 0.2) is 30.6 Å². The van der Waals surface area contributed by atoms with Crippen molar-refractivity contribution in [3.8, 4) is 0 Å². The van der Waals surface area contributed by atoms with Crippen molar-refractivity contribution in [3.05, 3.63) is 36.2 Å². The van der Waals surface area contributed by atoms with Gasteiger partial charge in [0.05, 0.1) is 17.6 Å². The first-order valence-corrected chi connectivity index (χ1v) is 9.87. The largest absolute Gasteiger partial charge is 0.383 e. The summed E-state index contributed by atoms with van der Waals surface area (Å²) in [5, 5.41) is 0. The van der Waals surface area contributed by atoms with Crippen molar-refractivity contribution in [3.63, 3.8) is 0 Å². The number of ether oxygens (including phenoxy) is 1. The number of nitrogens with zero attached hydrogens (tertiary/aromatic N) is 4. The van der Waals surface area contributed by atoms with Crippen molar-refractivity contribution in [2.75, 3.05) is 39.9 Å². The van der Waals surface area contributed by atoms with Crippen LogP contribution in [0.4, 0.5) is 0 Å². The van der Waals surface area contributed by atoms with Gasteiger partial charge in [-0.25, -0.2) is 0 Å². The predicted molar refractivity (Wildman–Crippen MR) is 105 cm³/mol. The van der Waals surface area contributed by atoms with Crippen LogP contribution in [0.5, 0.6) is 0 Å². The molecule has 0 unspecified atom stereocenters. The molecular formula is C21H26N4O3. The lowest BCUT2D eigenvalue weighted by molar-refractivity contribution is -0.139. The number of likely N-dealkylation sites (tertiary alicyclic amines) is 2. The molecule has 7 nitrogen and oxygen atoms in total. The van der Waals surface area contributed by atoms with E-state index in [1.807, 2.05) is 28.0 Å². The lowest BCUT2D eigenvalue weighted by Gasteiger charge is -2.48. The number of hydrogen-bond acceptors (Lipinski definition) is 5. The van der Waals surface area contributed by atoms with Crippen LogP contribution in [-0.4, -0.2) is 71.5 Å². The molecule has 0 bridgehead atoms. The Morgan fingerprint density at radius 3 is 2.82 bits per heavy atom. The van der Waals surface area contributed by atoms with Crippen molar-refractivity contribution in [2.45, 2.75) is 25.7 Å². The van der Waals surface area contributed by atoms with Crippen LogP contribution in [0.2, 0.25) is 0 Å². The first kappa shape index (κ1) is 18.8. The molecule has 1 atom stereocenters. The molecule has 28 heavy (non-hydrogen) atoms. The van der Waals surface area contributed by atoms with E-state index >= 15 is 0 Å². The number of amides is 2. The molecule has 2 aliphatic rings. The fourth-order valence-corrected chi connectivity index (χ4v) is 4.50. The van der Waals surface area contributed by atoms with E-state index in [0.29, 0.717) is 38.2 Å². The molecule has 4 rings (SSSR count). The number of rotatable bonds is 4. The fourth-order valence-electron chi connectivity index (χ4n) is 4.50. The molecule has 0 radical (unpaired) electrons. The Labute approximate surface area is 164 Å². The molecule has 1 aromatic heterocycles. The number of hydrogen-bond donors (Lipinski definition) is 0. The molecular weight excluding hydrogens is 356 g/mol. The lowest BCUT2D eigenvalue weighted by Crippen LogP contribution is -2.55. The minimum atomic E-state index is -0.00772. The van der Waals surface area contributed by atoms with Gasteiger partial charge >= 0.3 is 0 Å². The van der Waals surface area contributed by atoms with Crippen LogP contribution in [0.25, 0.3) is 11.0 Å². The van der Waals surface area contributed by atoms with E-state index in [1.165, 1.54) is 0 Å². The fraction of sp³-hybridized carbons (Fsp3) is 0.524. The number of fused-ring (bicyclic) bond motifs is 1. The summed E-state index contributed by atoms with van der Waals surface area (Å²) in [5.74, 6) is 0.228. The van der Waals surface area contributed by atoms with Gasteiger partial charge in [-0.2, -0.15) is 0 Å². The third-order valence-electron chi connectivity index (χ3n) is 5.98. The SMILES string of the molecule is COCCN1C[C@]2(CCCN(C(=O)c3ccc4nccnc4c3)C2)CCC1=O. The van der Waals surface area contributed by atoms with E-state index in [-0.39, 0.29) is 17.2 Å². The Hall–Kier alpha value is -2.54. The molecule has 2 saturated heterocycles. The summed E-state index contributed by atoms with van der Waals surface area (Å²) in [7, 11) is 1.65. The molecule has 0 N–H and O–H groups in total. The van der Waals surface area contributed by atoms with E-state index in [4.69, 9.17) is 4.74 Å². The lowest BCUT2D eigenvalue weighted by atomic mass is 9.73. The van der Waals surface area contributed by atoms with Crippen LogP contribution in [-0.2, 0) is 9.53 Å². The summed E-state index contributed by atoms with van der Waals surface area (Å²) in [6, 6.07) is 5.50. The second-order valence-corrected chi connectivity index (χ2v) is 7.90. The second kappa shape index (κ2) is 7.83. The summed E-state index contributed by atoms with van der Waals surface area (Å²) in [6.07, 6.45) is 6.71. The third kappa shape index (κ3) is 3.71. The van der Waals surface area contributed by atoms with Crippen molar-refractivity contribution < 1.29 is 14.3 Å². The van der Waals surface area contributed by atoms with Gasteiger partial charge < -0.3 is 14.5 Å². The molecule has 1 spiro atoms. The average molecular weight is 382 g/mol. The van der Waals surface area contributed by atoms with Gasteiger partial charge in [-0.05, 0) is 37.5 Å². The number of carbonyl (C=O) groups is 2. The van der Waals surface area contributed by atoms with Crippen LogP contribution in [0.3, 0.4) is 0 Å². The summed E-state index contributed by atoms with van der Waals surface area (Å²) < 4.78 is 5.15. The van der Waals surface area contributed by atoms with Gasteiger partial charge in [-0.1, -0.05) is 0 Å². The molecule has 2 amide bonds. The highest BCUT2D eigenvalue weighted by atomic mass is 16.5. The van der Waals surface area contributed by atoms with Gasteiger partial charge in [0.15, 0.2) is 0 Å². The summed E-state index contributed by atoms with van der Waals surface area (Å²) in [6.45, 7) is 3.32. The number of piperidine rings is 2. The number of aromatic nitrogens is 2. The van der Waals surface area contributed by atoms with Crippen LogP contribution in [0.1, 0.15) is 36.0 Å². The van der Waals surface area contributed by atoms with Gasteiger partial charge in [0.1, 0.15) is 0 Å². The van der Waals surface area contributed by atoms with E-state index in [0.717, 1.165) is 36.8 Å². The molecule has 148 valence electrons. The topological polar surface area (TPSA) is 75.6 Å². The molecule has 3 heterocycles. The van der Waals surface area contributed by atoms with Crippen LogP contribution < -0.4 is 0 Å². The Morgan fingerprint density at radius 1 is 1.18 bits per heavy atom. The Morgan fingerprint density at radius 2 is 2.00 bits per heavy atom. The average Bonchev–Trinajstić information content (AvgIpc) is 2.74. The molecule has 0 aliphatic carbocycles. The maximum Gasteiger partial charge on any atom is 0.253 e. The highest BCUT2D eigenvalue weighted by molar-refractivity contribution is 5.97.